The smallest absolute Gasteiger partial charge is 0.131 e. The number of hydrogen-bond acceptors (Lipinski definition) is 4. The van der Waals surface area contributed by atoms with Crippen molar-refractivity contribution in [3.8, 4) is 11.5 Å². The number of aromatic nitrogens is 1. The molecule has 170 valence electrons. The van der Waals surface area contributed by atoms with Crippen molar-refractivity contribution in [2.45, 2.75) is 31.8 Å². The zero-order valence-electron chi connectivity index (χ0n) is 19.0. The van der Waals surface area contributed by atoms with Crippen molar-refractivity contribution in [1.82, 2.24) is 9.88 Å². The Balaban J connectivity index is 1.30. The van der Waals surface area contributed by atoms with Gasteiger partial charge in [0, 0.05) is 28.9 Å². The van der Waals surface area contributed by atoms with Crippen LogP contribution in [0, 0.1) is 0 Å². The number of ether oxygens (including phenoxy) is 2. The Morgan fingerprint density at radius 2 is 1.91 bits per heavy atom. The van der Waals surface area contributed by atoms with Gasteiger partial charge >= 0.3 is 0 Å². The average Bonchev–Trinajstić information content (AvgIpc) is 3.02. The highest BCUT2D eigenvalue weighted by molar-refractivity contribution is 6.30. The predicted octanol–water partition coefficient (Wildman–Crippen LogP) is 6.34. The maximum atomic E-state index is 6.08. The molecule has 3 aromatic rings. The van der Waals surface area contributed by atoms with Gasteiger partial charge in [-0.05, 0) is 85.8 Å². The summed E-state index contributed by atoms with van der Waals surface area (Å²) in [6, 6.07) is 18.5. The van der Waals surface area contributed by atoms with Gasteiger partial charge in [0.15, 0.2) is 0 Å². The lowest BCUT2D eigenvalue weighted by Crippen LogP contribution is -2.33. The van der Waals surface area contributed by atoms with Crippen LogP contribution in [-0.4, -0.2) is 36.6 Å². The summed E-state index contributed by atoms with van der Waals surface area (Å²) in [6.07, 6.45) is 7.55. The summed E-state index contributed by atoms with van der Waals surface area (Å²) in [5.41, 5.74) is 5.78. The lowest BCUT2D eigenvalue weighted by Gasteiger charge is -2.32. The average molecular weight is 461 g/mol. The van der Waals surface area contributed by atoms with E-state index in [1.54, 1.807) is 7.11 Å². The van der Waals surface area contributed by atoms with Crippen LogP contribution < -0.4 is 9.47 Å². The van der Waals surface area contributed by atoms with Gasteiger partial charge in [-0.2, -0.15) is 0 Å². The van der Waals surface area contributed by atoms with Gasteiger partial charge in [0.25, 0.3) is 0 Å². The third-order valence-electron chi connectivity index (χ3n) is 6.74. The quantitative estimate of drug-likeness (QED) is 0.445. The summed E-state index contributed by atoms with van der Waals surface area (Å²) in [6.45, 7) is 3.78. The molecular formula is C28H29ClN2O2. The third-order valence-corrected chi connectivity index (χ3v) is 7.00. The van der Waals surface area contributed by atoms with Gasteiger partial charge in [-0.25, -0.2) is 0 Å². The predicted molar refractivity (Wildman–Crippen MR) is 133 cm³/mol. The zero-order chi connectivity index (χ0) is 22.6. The third kappa shape index (κ3) is 4.92. The van der Waals surface area contributed by atoms with E-state index in [0.717, 1.165) is 59.4 Å². The first kappa shape index (κ1) is 22.0. The largest absolute Gasteiger partial charge is 0.497 e. The molecule has 0 spiro atoms. The first-order chi connectivity index (χ1) is 16.2. The molecule has 4 nitrogen and oxygen atoms in total. The normalized spacial score (nSPS) is 17.7. The van der Waals surface area contributed by atoms with Crippen LogP contribution in [0.2, 0.25) is 5.02 Å². The number of piperidine rings is 1. The monoisotopic (exact) mass is 460 g/mol. The minimum absolute atomic E-state index is 0.477. The molecule has 0 saturated carbocycles. The van der Waals surface area contributed by atoms with E-state index in [9.17, 15) is 0 Å². The first-order valence-electron chi connectivity index (χ1n) is 11.6. The molecule has 5 heteroatoms. The second-order valence-electron chi connectivity index (χ2n) is 8.72. The molecule has 5 rings (SSSR count). The Kier molecular flexibility index (Phi) is 6.65. The molecule has 0 aliphatic carbocycles. The molecule has 2 aromatic carbocycles. The van der Waals surface area contributed by atoms with Crippen molar-refractivity contribution in [3.05, 3.63) is 94.3 Å². The number of nitrogens with zero attached hydrogens (tertiary/aromatic N) is 2. The van der Waals surface area contributed by atoms with E-state index >= 15 is 0 Å². The number of fused-ring (bicyclic) bond motifs is 2. The van der Waals surface area contributed by atoms with Gasteiger partial charge < -0.3 is 14.4 Å². The highest BCUT2D eigenvalue weighted by Gasteiger charge is 2.22. The van der Waals surface area contributed by atoms with Crippen LogP contribution in [0.25, 0.3) is 5.57 Å². The van der Waals surface area contributed by atoms with Crippen molar-refractivity contribution < 1.29 is 9.47 Å². The van der Waals surface area contributed by atoms with Crippen molar-refractivity contribution in [1.29, 1.82) is 0 Å². The Morgan fingerprint density at radius 1 is 1.09 bits per heavy atom. The van der Waals surface area contributed by atoms with E-state index in [2.05, 4.69) is 40.2 Å². The van der Waals surface area contributed by atoms with Crippen molar-refractivity contribution in [2.75, 3.05) is 26.7 Å². The standard InChI is InChI=1S/C28H29ClN2O2/c1-32-23-10-11-28-26(18-23)24(25-4-2-14-30-27(25)19-33-28)5-3-15-31-16-12-21(13-17-31)20-6-8-22(29)9-7-20/h2,4-11,14,18,21H,3,12-13,15-17,19H2,1H3/b24-5+. The van der Waals surface area contributed by atoms with Gasteiger partial charge in [-0.15, -0.1) is 0 Å². The van der Waals surface area contributed by atoms with Crippen molar-refractivity contribution in [2.24, 2.45) is 0 Å². The molecule has 0 amide bonds. The molecule has 0 atom stereocenters. The van der Waals surface area contributed by atoms with E-state index in [1.165, 1.54) is 24.0 Å². The van der Waals surface area contributed by atoms with Crippen LogP contribution in [0.4, 0.5) is 0 Å². The number of likely N-dealkylation sites (tertiary alicyclic amines) is 1. The number of rotatable bonds is 5. The molecule has 0 N–H and O–H groups in total. The summed E-state index contributed by atoms with van der Waals surface area (Å²) in [7, 11) is 1.70. The molecule has 1 saturated heterocycles. The molecule has 0 bridgehead atoms. The number of hydrogen-bond donors (Lipinski definition) is 0. The summed E-state index contributed by atoms with van der Waals surface area (Å²) in [4.78, 5) is 7.16. The van der Waals surface area contributed by atoms with E-state index in [1.807, 2.05) is 36.5 Å². The molecule has 2 aliphatic heterocycles. The maximum Gasteiger partial charge on any atom is 0.131 e. The molecule has 1 fully saturated rings. The lowest BCUT2D eigenvalue weighted by atomic mass is 9.89. The van der Waals surface area contributed by atoms with Crippen LogP contribution in [0.5, 0.6) is 11.5 Å². The SMILES string of the molecule is COc1ccc2c(c1)/C(=C/CCN1CCC(c3ccc(Cl)cc3)CC1)c1cccnc1CO2. The minimum atomic E-state index is 0.477. The summed E-state index contributed by atoms with van der Waals surface area (Å²) >= 11 is 6.05. The van der Waals surface area contributed by atoms with Gasteiger partial charge in [0.05, 0.1) is 12.8 Å². The van der Waals surface area contributed by atoms with Gasteiger partial charge in [-0.1, -0.05) is 35.9 Å². The Hall–Kier alpha value is -2.82. The van der Waals surface area contributed by atoms with Crippen molar-refractivity contribution in [3.63, 3.8) is 0 Å². The zero-order valence-corrected chi connectivity index (χ0v) is 19.7. The lowest BCUT2D eigenvalue weighted by molar-refractivity contribution is 0.216. The van der Waals surface area contributed by atoms with E-state index < -0.39 is 0 Å². The molecular weight excluding hydrogens is 432 g/mol. The minimum Gasteiger partial charge on any atom is -0.497 e. The van der Waals surface area contributed by atoms with Gasteiger partial charge in [0.2, 0.25) is 0 Å². The van der Waals surface area contributed by atoms with E-state index in [4.69, 9.17) is 21.1 Å². The topological polar surface area (TPSA) is 34.6 Å². The van der Waals surface area contributed by atoms with E-state index in [-0.39, 0.29) is 0 Å². The van der Waals surface area contributed by atoms with Gasteiger partial charge in [0.1, 0.15) is 18.1 Å². The highest BCUT2D eigenvalue weighted by Crippen LogP contribution is 2.38. The highest BCUT2D eigenvalue weighted by atomic mass is 35.5. The number of halogens is 1. The Labute approximate surface area is 200 Å². The van der Waals surface area contributed by atoms with Crippen LogP contribution >= 0.6 is 11.6 Å². The summed E-state index contributed by atoms with van der Waals surface area (Å²) in [5, 5.41) is 0.809. The molecule has 0 radical (unpaired) electrons. The van der Waals surface area contributed by atoms with Crippen LogP contribution in [0.15, 0.2) is 66.9 Å². The molecule has 1 aromatic heterocycles. The summed E-state index contributed by atoms with van der Waals surface area (Å²) < 4.78 is 11.6. The first-order valence-corrected chi connectivity index (χ1v) is 12.0. The van der Waals surface area contributed by atoms with Crippen LogP contribution in [-0.2, 0) is 6.61 Å². The number of methoxy groups -OCH3 is 1. The van der Waals surface area contributed by atoms with Gasteiger partial charge in [-0.3, -0.25) is 4.98 Å². The second-order valence-corrected chi connectivity index (χ2v) is 9.16. The number of benzene rings is 2. The van der Waals surface area contributed by atoms with Crippen LogP contribution in [0.3, 0.4) is 0 Å². The Morgan fingerprint density at radius 3 is 2.70 bits per heavy atom. The molecule has 3 heterocycles. The maximum absolute atomic E-state index is 6.08. The Bertz CT molecular complexity index is 1130. The fourth-order valence-corrected chi connectivity index (χ4v) is 5.02. The van der Waals surface area contributed by atoms with Crippen LogP contribution in [0.1, 0.15) is 47.6 Å². The van der Waals surface area contributed by atoms with E-state index in [0.29, 0.717) is 12.5 Å². The summed E-state index contributed by atoms with van der Waals surface area (Å²) in [5.74, 6) is 2.34. The fourth-order valence-electron chi connectivity index (χ4n) is 4.90. The second kappa shape index (κ2) is 9.98. The number of pyridine rings is 1. The fraction of sp³-hybridized carbons (Fsp3) is 0.321. The molecule has 0 unspecified atom stereocenters. The molecule has 33 heavy (non-hydrogen) atoms. The van der Waals surface area contributed by atoms with Crippen molar-refractivity contribution >= 4 is 17.2 Å². The molecule has 2 aliphatic rings.